The van der Waals surface area contributed by atoms with E-state index in [2.05, 4.69) is 29.6 Å². The lowest BCUT2D eigenvalue weighted by atomic mass is 9.88. The van der Waals surface area contributed by atoms with Crippen molar-refractivity contribution in [1.82, 2.24) is 10.2 Å². The van der Waals surface area contributed by atoms with Crippen LogP contribution < -0.4 is 5.32 Å². The summed E-state index contributed by atoms with van der Waals surface area (Å²) in [5, 5.41) is 2.92. The lowest BCUT2D eigenvalue weighted by Crippen LogP contribution is -2.49. The lowest BCUT2D eigenvalue weighted by Gasteiger charge is -2.32. The second kappa shape index (κ2) is 12.0. The van der Waals surface area contributed by atoms with Gasteiger partial charge in [-0.3, -0.25) is 9.59 Å². The lowest BCUT2D eigenvalue weighted by molar-refractivity contribution is -0.141. The van der Waals surface area contributed by atoms with E-state index in [1.165, 1.54) is 0 Å². The maximum atomic E-state index is 13.9. The van der Waals surface area contributed by atoms with Gasteiger partial charge in [0.05, 0.1) is 0 Å². The third-order valence-electron chi connectivity index (χ3n) is 6.12. The van der Waals surface area contributed by atoms with Crippen LogP contribution in [0.4, 0.5) is 0 Å². The fourth-order valence-electron chi connectivity index (χ4n) is 4.27. The molecular weight excluding hydrogens is 408 g/mol. The van der Waals surface area contributed by atoms with Gasteiger partial charge in [-0.15, -0.1) is 0 Å². The highest BCUT2D eigenvalue weighted by atomic mass is 16.2. The number of hydrogen-bond acceptors (Lipinski definition) is 2. The molecule has 1 atom stereocenters. The van der Waals surface area contributed by atoms with Crippen LogP contribution in [0.1, 0.15) is 54.9 Å². The van der Waals surface area contributed by atoms with E-state index in [-0.39, 0.29) is 17.7 Å². The third kappa shape index (κ3) is 6.32. The van der Waals surface area contributed by atoms with Crippen molar-refractivity contribution < 1.29 is 9.59 Å². The van der Waals surface area contributed by atoms with Crippen LogP contribution in [0.3, 0.4) is 0 Å². The van der Waals surface area contributed by atoms with Gasteiger partial charge in [-0.05, 0) is 42.5 Å². The first-order valence-corrected chi connectivity index (χ1v) is 11.8. The van der Waals surface area contributed by atoms with E-state index in [0.717, 1.165) is 22.3 Å². The summed E-state index contributed by atoms with van der Waals surface area (Å²) < 4.78 is 0. The quantitative estimate of drug-likeness (QED) is 0.453. The molecule has 3 rings (SSSR count). The van der Waals surface area contributed by atoms with Crippen LogP contribution in [0.5, 0.6) is 0 Å². The van der Waals surface area contributed by atoms with Gasteiger partial charge in [0.25, 0.3) is 0 Å². The molecule has 4 nitrogen and oxygen atoms in total. The number of aryl methyl sites for hydroxylation is 1. The van der Waals surface area contributed by atoms with Crippen molar-refractivity contribution in [3.05, 3.63) is 107 Å². The number of nitrogens with one attached hydrogen (secondary N) is 1. The van der Waals surface area contributed by atoms with Crippen molar-refractivity contribution in [3.8, 4) is 0 Å². The predicted octanol–water partition coefficient (Wildman–Crippen LogP) is 5.46. The Morgan fingerprint density at radius 1 is 0.818 bits per heavy atom. The molecule has 33 heavy (non-hydrogen) atoms. The summed E-state index contributed by atoms with van der Waals surface area (Å²) in [7, 11) is 0. The minimum Gasteiger partial charge on any atom is -0.355 e. The van der Waals surface area contributed by atoms with Gasteiger partial charge in [0.2, 0.25) is 11.8 Å². The number of carbonyl (C=O) groups is 2. The van der Waals surface area contributed by atoms with Gasteiger partial charge < -0.3 is 10.2 Å². The van der Waals surface area contributed by atoms with Crippen molar-refractivity contribution in [1.29, 1.82) is 0 Å². The van der Waals surface area contributed by atoms with Gasteiger partial charge in [0.1, 0.15) is 6.04 Å². The molecule has 2 amide bonds. The van der Waals surface area contributed by atoms with E-state index in [4.69, 9.17) is 0 Å². The second-order valence-corrected chi connectivity index (χ2v) is 8.34. The number of nitrogens with zero attached hydrogens (tertiary/aromatic N) is 1. The van der Waals surface area contributed by atoms with Gasteiger partial charge in [-0.2, -0.15) is 0 Å². The molecule has 0 saturated heterocycles. The van der Waals surface area contributed by atoms with Crippen LogP contribution >= 0.6 is 0 Å². The summed E-state index contributed by atoms with van der Waals surface area (Å²) in [5.41, 5.74) is 4.37. The molecule has 0 fully saturated rings. The standard InChI is InChI=1S/C29H34N2O2/c1-4-27(29(33)30-5-2)31(21-25-19-13-12-14-22(25)3)28(32)20-26(23-15-8-6-9-16-23)24-17-10-7-11-18-24/h6-19,26-27H,4-5,20-21H2,1-3H3,(H,30,33)/t27-/m0/s1. The van der Waals surface area contributed by atoms with Crippen LogP contribution in [-0.2, 0) is 16.1 Å². The molecule has 0 saturated carbocycles. The Morgan fingerprint density at radius 3 is 1.88 bits per heavy atom. The van der Waals surface area contributed by atoms with Gasteiger partial charge in [0, 0.05) is 25.4 Å². The molecule has 0 aliphatic carbocycles. The monoisotopic (exact) mass is 442 g/mol. The van der Waals surface area contributed by atoms with Crippen molar-refractivity contribution in [2.75, 3.05) is 6.54 Å². The summed E-state index contributed by atoms with van der Waals surface area (Å²) in [4.78, 5) is 28.6. The number of rotatable bonds is 10. The third-order valence-corrected chi connectivity index (χ3v) is 6.12. The largest absolute Gasteiger partial charge is 0.355 e. The molecule has 0 aliphatic heterocycles. The number of carbonyl (C=O) groups excluding carboxylic acids is 2. The fraction of sp³-hybridized carbons (Fsp3) is 0.310. The number of likely N-dealkylation sites (N-methyl/N-ethyl adjacent to an activating group) is 1. The van der Waals surface area contributed by atoms with Gasteiger partial charge in [-0.25, -0.2) is 0 Å². The van der Waals surface area contributed by atoms with Crippen molar-refractivity contribution >= 4 is 11.8 Å². The molecule has 0 radical (unpaired) electrons. The Labute approximate surface area is 197 Å². The van der Waals surface area contributed by atoms with Crippen LogP contribution in [0.25, 0.3) is 0 Å². The minimum absolute atomic E-state index is 0.0194. The van der Waals surface area contributed by atoms with Gasteiger partial charge in [-0.1, -0.05) is 91.9 Å². The summed E-state index contributed by atoms with van der Waals surface area (Å²) in [6.45, 7) is 6.86. The van der Waals surface area contributed by atoms with E-state index in [0.29, 0.717) is 25.9 Å². The first-order valence-electron chi connectivity index (χ1n) is 11.8. The highest BCUT2D eigenvalue weighted by Crippen LogP contribution is 2.29. The Balaban J connectivity index is 1.96. The molecule has 4 heteroatoms. The van der Waals surface area contributed by atoms with Crippen molar-refractivity contribution in [3.63, 3.8) is 0 Å². The van der Waals surface area contributed by atoms with Gasteiger partial charge >= 0.3 is 0 Å². The smallest absolute Gasteiger partial charge is 0.242 e. The van der Waals surface area contributed by atoms with E-state index in [1.54, 1.807) is 4.90 Å². The summed E-state index contributed by atoms with van der Waals surface area (Å²) >= 11 is 0. The number of hydrogen-bond donors (Lipinski definition) is 1. The zero-order chi connectivity index (χ0) is 23.6. The van der Waals surface area contributed by atoms with E-state index < -0.39 is 6.04 Å². The topological polar surface area (TPSA) is 49.4 Å². The fourth-order valence-corrected chi connectivity index (χ4v) is 4.27. The van der Waals surface area contributed by atoms with Crippen molar-refractivity contribution in [2.45, 2.75) is 52.1 Å². The molecule has 1 N–H and O–H groups in total. The molecule has 3 aromatic carbocycles. The second-order valence-electron chi connectivity index (χ2n) is 8.34. The SMILES string of the molecule is CCNC(=O)[C@H](CC)N(Cc1ccccc1C)C(=O)CC(c1ccccc1)c1ccccc1. The molecule has 3 aromatic rings. The normalized spacial score (nSPS) is 11.8. The predicted molar refractivity (Wildman–Crippen MR) is 134 cm³/mol. The van der Waals surface area contributed by atoms with E-state index in [1.807, 2.05) is 81.4 Å². The maximum Gasteiger partial charge on any atom is 0.242 e. The summed E-state index contributed by atoms with van der Waals surface area (Å²) in [5.74, 6) is -0.196. The Kier molecular flexibility index (Phi) is 8.82. The summed E-state index contributed by atoms with van der Waals surface area (Å²) in [6, 6.07) is 27.8. The zero-order valence-corrected chi connectivity index (χ0v) is 19.8. The number of benzene rings is 3. The molecule has 0 unspecified atom stereocenters. The van der Waals surface area contributed by atoms with Crippen LogP contribution in [0.2, 0.25) is 0 Å². The van der Waals surface area contributed by atoms with Crippen LogP contribution in [-0.4, -0.2) is 29.3 Å². The molecule has 0 bridgehead atoms. The van der Waals surface area contributed by atoms with E-state index in [9.17, 15) is 9.59 Å². The first kappa shape index (κ1) is 24.2. The maximum absolute atomic E-state index is 13.9. The molecule has 0 spiro atoms. The Morgan fingerprint density at radius 2 is 1.36 bits per heavy atom. The van der Waals surface area contributed by atoms with Gasteiger partial charge in [0.15, 0.2) is 0 Å². The van der Waals surface area contributed by atoms with Crippen molar-refractivity contribution in [2.24, 2.45) is 0 Å². The first-order chi connectivity index (χ1) is 16.0. The number of amides is 2. The minimum atomic E-state index is -0.510. The molecule has 0 aliphatic rings. The average Bonchev–Trinajstić information content (AvgIpc) is 2.84. The van der Waals surface area contributed by atoms with Crippen LogP contribution in [0, 0.1) is 6.92 Å². The zero-order valence-electron chi connectivity index (χ0n) is 19.8. The molecule has 0 heterocycles. The highest BCUT2D eigenvalue weighted by molar-refractivity contribution is 5.88. The average molecular weight is 443 g/mol. The molecule has 172 valence electrons. The summed E-state index contributed by atoms with van der Waals surface area (Å²) in [6.07, 6.45) is 0.862. The molecule has 0 aromatic heterocycles. The van der Waals surface area contributed by atoms with E-state index >= 15 is 0 Å². The Bertz CT molecular complexity index is 994. The highest BCUT2D eigenvalue weighted by Gasteiger charge is 2.30. The Hall–Kier alpha value is -3.40. The molecular formula is C29H34N2O2. The van der Waals surface area contributed by atoms with Crippen LogP contribution in [0.15, 0.2) is 84.9 Å².